The Balaban J connectivity index is 2.25. The molecule has 136 valence electrons. The van der Waals surface area contributed by atoms with Gasteiger partial charge in [-0.15, -0.1) is 0 Å². The molecule has 2 aliphatic rings. The van der Waals surface area contributed by atoms with Crippen LogP contribution < -0.4 is 0 Å². The second kappa shape index (κ2) is 7.04. The highest BCUT2D eigenvalue weighted by Crippen LogP contribution is 2.35. The molecule has 0 aliphatic carbocycles. The Kier molecular flexibility index (Phi) is 5.46. The van der Waals surface area contributed by atoms with Crippen molar-refractivity contribution in [1.29, 1.82) is 0 Å². The number of hydrogen-bond acceptors (Lipinski definition) is 9. The maximum Gasteiger partial charge on any atom is 0.305 e. The first-order valence-corrected chi connectivity index (χ1v) is 7.58. The fraction of sp³-hybridized carbons (Fsp3) is 0.800. The van der Waals surface area contributed by atoms with Crippen LogP contribution >= 0.6 is 0 Å². The Hall–Kier alpha value is -1.71. The minimum Gasteiger partial charge on any atom is -0.455 e. The van der Waals surface area contributed by atoms with E-state index >= 15 is 0 Å². The van der Waals surface area contributed by atoms with Crippen molar-refractivity contribution in [3.05, 3.63) is 0 Å². The maximum atomic E-state index is 11.4. The van der Waals surface area contributed by atoms with Crippen molar-refractivity contribution in [2.45, 2.75) is 71.1 Å². The van der Waals surface area contributed by atoms with Gasteiger partial charge in [0.25, 0.3) is 0 Å². The fourth-order valence-electron chi connectivity index (χ4n) is 2.73. The van der Waals surface area contributed by atoms with Gasteiger partial charge >= 0.3 is 17.9 Å². The van der Waals surface area contributed by atoms with Crippen molar-refractivity contribution in [3.8, 4) is 0 Å². The summed E-state index contributed by atoms with van der Waals surface area (Å²) in [4.78, 5) is 34.1. The molecule has 2 fully saturated rings. The van der Waals surface area contributed by atoms with Gasteiger partial charge in [-0.05, 0) is 13.8 Å². The minimum absolute atomic E-state index is 0.189. The SMILES string of the molecule is CC(=O)O[C@@H]1O[C@@H]([C@H]2COC(C)(C)O2)[C@H](OC(C)=O)[C@@H]1OC(C)=O. The lowest BCUT2D eigenvalue weighted by Gasteiger charge is -2.25. The topological polar surface area (TPSA) is 107 Å². The summed E-state index contributed by atoms with van der Waals surface area (Å²) in [6, 6.07) is 0. The smallest absolute Gasteiger partial charge is 0.305 e. The van der Waals surface area contributed by atoms with E-state index in [9.17, 15) is 14.4 Å². The molecule has 5 atom stereocenters. The van der Waals surface area contributed by atoms with E-state index in [0.717, 1.165) is 0 Å². The van der Waals surface area contributed by atoms with Gasteiger partial charge in [-0.3, -0.25) is 14.4 Å². The van der Waals surface area contributed by atoms with Crippen LogP contribution in [0.3, 0.4) is 0 Å². The van der Waals surface area contributed by atoms with Crippen molar-refractivity contribution in [2.75, 3.05) is 6.61 Å². The largest absolute Gasteiger partial charge is 0.455 e. The zero-order valence-corrected chi connectivity index (χ0v) is 14.3. The van der Waals surface area contributed by atoms with E-state index in [1.54, 1.807) is 13.8 Å². The van der Waals surface area contributed by atoms with E-state index < -0.39 is 54.4 Å². The summed E-state index contributed by atoms with van der Waals surface area (Å²) in [5.74, 6) is -2.66. The van der Waals surface area contributed by atoms with Gasteiger partial charge in [0, 0.05) is 20.8 Å². The molecule has 0 unspecified atom stereocenters. The molecular weight excluding hydrogens is 324 g/mol. The van der Waals surface area contributed by atoms with Crippen LogP contribution in [-0.2, 0) is 42.8 Å². The molecule has 2 rings (SSSR count). The summed E-state index contributed by atoms with van der Waals surface area (Å²) >= 11 is 0. The van der Waals surface area contributed by atoms with E-state index in [1.165, 1.54) is 20.8 Å². The highest BCUT2D eigenvalue weighted by atomic mass is 16.8. The predicted molar refractivity (Wildman–Crippen MR) is 76.4 cm³/mol. The second-order valence-electron chi connectivity index (χ2n) is 6.09. The van der Waals surface area contributed by atoms with E-state index in [-0.39, 0.29) is 6.61 Å². The number of carbonyl (C=O) groups excluding carboxylic acids is 3. The van der Waals surface area contributed by atoms with Gasteiger partial charge in [0.15, 0.2) is 11.9 Å². The fourth-order valence-corrected chi connectivity index (χ4v) is 2.73. The summed E-state index contributed by atoms with van der Waals surface area (Å²) in [7, 11) is 0. The monoisotopic (exact) mass is 346 g/mol. The average Bonchev–Trinajstić information content (AvgIpc) is 2.91. The van der Waals surface area contributed by atoms with Crippen LogP contribution in [0.5, 0.6) is 0 Å². The third kappa shape index (κ3) is 4.43. The maximum absolute atomic E-state index is 11.4. The quantitative estimate of drug-likeness (QED) is 0.524. The van der Waals surface area contributed by atoms with Gasteiger partial charge in [0.05, 0.1) is 6.61 Å². The summed E-state index contributed by atoms with van der Waals surface area (Å²) < 4.78 is 32.4. The molecule has 2 aliphatic heterocycles. The third-order valence-electron chi connectivity index (χ3n) is 3.49. The van der Waals surface area contributed by atoms with Gasteiger partial charge in [-0.2, -0.15) is 0 Å². The number of ether oxygens (including phenoxy) is 6. The van der Waals surface area contributed by atoms with E-state index in [4.69, 9.17) is 28.4 Å². The van der Waals surface area contributed by atoms with Crippen LogP contribution in [-0.4, -0.2) is 61.0 Å². The normalized spacial score (nSPS) is 34.6. The standard InChI is InChI=1S/C15H22O9/c1-7(16)20-12-11(10-6-19-15(4,5)24-10)23-14(22-9(3)18)13(12)21-8(2)17/h10-14H,6H2,1-5H3/t10-,11+,12+,13+,14-/m1/s1. The van der Waals surface area contributed by atoms with Crippen molar-refractivity contribution < 1.29 is 42.8 Å². The molecule has 0 aromatic heterocycles. The van der Waals surface area contributed by atoms with Crippen LogP contribution in [0.4, 0.5) is 0 Å². The van der Waals surface area contributed by atoms with Gasteiger partial charge in [0.2, 0.25) is 12.4 Å². The first kappa shape index (κ1) is 18.6. The molecule has 2 saturated heterocycles. The molecule has 0 bridgehead atoms. The van der Waals surface area contributed by atoms with Crippen LogP contribution in [0.25, 0.3) is 0 Å². The van der Waals surface area contributed by atoms with Gasteiger partial charge < -0.3 is 28.4 Å². The molecule has 0 saturated carbocycles. The minimum atomic E-state index is -1.20. The van der Waals surface area contributed by atoms with Crippen molar-refractivity contribution in [2.24, 2.45) is 0 Å². The number of hydrogen-bond donors (Lipinski definition) is 0. The molecule has 0 N–H and O–H groups in total. The molecule has 0 aromatic carbocycles. The van der Waals surface area contributed by atoms with E-state index in [2.05, 4.69) is 0 Å². The first-order chi connectivity index (χ1) is 11.1. The number of carbonyl (C=O) groups is 3. The summed E-state index contributed by atoms with van der Waals surface area (Å²) in [5.41, 5.74) is 0. The summed E-state index contributed by atoms with van der Waals surface area (Å²) in [6.45, 7) is 7.26. The zero-order valence-electron chi connectivity index (χ0n) is 14.3. The zero-order chi connectivity index (χ0) is 18.1. The van der Waals surface area contributed by atoms with Crippen molar-refractivity contribution in [1.82, 2.24) is 0 Å². The van der Waals surface area contributed by atoms with E-state index in [1.807, 2.05) is 0 Å². The van der Waals surface area contributed by atoms with Crippen molar-refractivity contribution in [3.63, 3.8) is 0 Å². The molecule has 9 heteroatoms. The van der Waals surface area contributed by atoms with Gasteiger partial charge in [0.1, 0.15) is 12.2 Å². The molecule has 2 heterocycles. The Morgan fingerprint density at radius 2 is 1.46 bits per heavy atom. The molecule has 0 aromatic rings. The van der Waals surface area contributed by atoms with Crippen LogP contribution in [0.15, 0.2) is 0 Å². The lowest BCUT2D eigenvalue weighted by atomic mass is 10.1. The first-order valence-electron chi connectivity index (χ1n) is 7.58. The summed E-state index contributed by atoms with van der Waals surface area (Å²) in [6.07, 6.45) is -4.67. The van der Waals surface area contributed by atoms with Crippen LogP contribution in [0, 0.1) is 0 Å². The third-order valence-corrected chi connectivity index (χ3v) is 3.49. The summed E-state index contributed by atoms with van der Waals surface area (Å²) in [5, 5.41) is 0. The highest BCUT2D eigenvalue weighted by Gasteiger charge is 2.56. The highest BCUT2D eigenvalue weighted by molar-refractivity contribution is 5.68. The molecule has 9 nitrogen and oxygen atoms in total. The molecule has 0 radical (unpaired) electrons. The molecule has 24 heavy (non-hydrogen) atoms. The van der Waals surface area contributed by atoms with Crippen molar-refractivity contribution >= 4 is 17.9 Å². The molecule has 0 spiro atoms. The Morgan fingerprint density at radius 1 is 0.917 bits per heavy atom. The van der Waals surface area contributed by atoms with Gasteiger partial charge in [-0.25, -0.2) is 0 Å². The Morgan fingerprint density at radius 3 is 1.92 bits per heavy atom. The lowest BCUT2D eigenvalue weighted by molar-refractivity contribution is -0.203. The van der Waals surface area contributed by atoms with E-state index in [0.29, 0.717) is 0 Å². The Labute approximate surface area is 139 Å². The lowest BCUT2D eigenvalue weighted by Crippen LogP contribution is -2.45. The Bertz CT molecular complexity index is 515. The number of rotatable bonds is 4. The van der Waals surface area contributed by atoms with Gasteiger partial charge in [-0.1, -0.05) is 0 Å². The second-order valence-corrected chi connectivity index (χ2v) is 6.09. The van der Waals surface area contributed by atoms with Crippen LogP contribution in [0.2, 0.25) is 0 Å². The van der Waals surface area contributed by atoms with Crippen LogP contribution in [0.1, 0.15) is 34.6 Å². The predicted octanol–water partition coefficient (Wildman–Crippen LogP) is 0.289. The average molecular weight is 346 g/mol. The molecular formula is C15H22O9. The number of esters is 3. The molecule has 0 amide bonds.